The van der Waals surface area contributed by atoms with E-state index in [-0.39, 0.29) is 23.7 Å². The van der Waals surface area contributed by atoms with E-state index in [0.717, 1.165) is 0 Å². The van der Waals surface area contributed by atoms with Crippen molar-refractivity contribution in [2.75, 3.05) is 19.5 Å². The first kappa shape index (κ1) is 16.2. The Bertz CT molecular complexity index is 273. The second kappa shape index (κ2) is 6.84. The summed E-state index contributed by atoms with van der Waals surface area (Å²) in [6.07, 6.45) is 0.303. The lowest BCUT2D eigenvalue weighted by atomic mass is 10.1. The number of rotatable bonds is 5. The maximum absolute atomic E-state index is 11.5. The van der Waals surface area contributed by atoms with Crippen LogP contribution in [0.25, 0.3) is 0 Å². The first-order valence-electron chi connectivity index (χ1n) is 5.67. The fourth-order valence-corrected chi connectivity index (χ4v) is 1.61. The van der Waals surface area contributed by atoms with Crippen LogP contribution in [0.5, 0.6) is 0 Å². The summed E-state index contributed by atoms with van der Waals surface area (Å²) >= 11 is 5.44. The van der Waals surface area contributed by atoms with Crippen LogP contribution in [0.15, 0.2) is 0 Å². The van der Waals surface area contributed by atoms with Gasteiger partial charge < -0.3 is 9.64 Å². The first-order chi connectivity index (χ1) is 7.65. The van der Waals surface area contributed by atoms with Crippen molar-refractivity contribution in [3.8, 4) is 0 Å². The van der Waals surface area contributed by atoms with Crippen LogP contribution in [0.1, 0.15) is 34.1 Å². The van der Waals surface area contributed by atoms with Gasteiger partial charge in [-0.15, -0.1) is 11.6 Å². The molecule has 0 aliphatic heterocycles. The maximum atomic E-state index is 11.5. The average Bonchev–Trinajstić information content (AvgIpc) is 2.12. The van der Waals surface area contributed by atoms with Gasteiger partial charge in [-0.05, 0) is 26.7 Å². The molecule has 17 heavy (non-hydrogen) atoms. The van der Waals surface area contributed by atoms with Crippen molar-refractivity contribution < 1.29 is 14.3 Å². The van der Waals surface area contributed by atoms with Crippen molar-refractivity contribution in [3.63, 3.8) is 0 Å². The predicted molar refractivity (Wildman–Crippen MR) is 68.0 cm³/mol. The van der Waals surface area contributed by atoms with Gasteiger partial charge in [-0.1, -0.05) is 6.92 Å². The van der Waals surface area contributed by atoms with Gasteiger partial charge in [-0.25, -0.2) is 0 Å². The van der Waals surface area contributed by atoms with E-state index in [1.54, 1.807) is 7.05 Å². The van der Waals surface area contributed by atoms with E-state index in [2.05, 4.69) is 0 Å². The van der Waals surface area contributed by atoms with Gasteiger partial charge in [0, 0.05) is 20.0 Å². The van der Waals surface area contributed by atoms with E-state index in [4.69, 9.17) is 16.3 Å². The van der Waals surface area contributed by atoms with E-state index in [0.29, 0.717) is 13.0 Å². The van der Waals surface area contributed by atoms with Gasteiger partial charge in [0.2, 0.25) is 5.91 Å². The molecule has 0 spiro atoms. The second-order valence-corrected chi connectivity index (χ2v) is 5.57. The van der Waals surface area contributed by atoms with Gasteiger partial charge in [0.15, 0.2) is 0 Å². The normalized spacial score (nSPS) is 13.1. The summed E-state index contributed by atoms with van der Waals surface area (Å²) in [5, 5.41) is 0. The molecule has 5 heteroatoms. The molecule has 100 valence electrons. The van der Waals surface area contributed by atoms with Crippen LogP contribution in [-0.4, -0.2) is 41.8 Å². The summed E-state index contributed by atoms with van der Waals surface area (Å²) in [5.41, 5.74) is -0.464. The number of carbonyl (C=O) groups is 2. The molecule has 0 aromatic rings. The van der Waals surface area contributed by atoms with Gasteiger partial charge in [-0.3, -0.25) is 9.59 Å². The number of carbonyl (C=O) groups excluding carboxylic acids is 2. The molecule has 0 saturated heterocycles. The Hall–Kier alpha value is -0.770. The van der Waals surface area contributed by atoms with Crippen LogP contribution in [0.4, 0.5) is 0 Å². The summed E-state index contributed by atoms with van der Waals surface area (Å²) in [6.45, 7) is 7.91. The standard InChI is InChI=1S/C12H22ClNO3/c1-9(8-14(5)10(15)7-13)6-11(16)17-12(2,3)4/h9H,6-8H2,1-5H3/t9-/m1/s1. The van der Waals surface area contributed by atoms with Crippen molar-refractivity contribution in [3.05, 3.63) is 0 Å². The average molecular weight is 264 g/mol. The largest absolute Gasteiger partial charge is 0.460 e. The molecule has 0 rings (SSSR count). The molecule has 0 radical (unpaired) electrons. The Morgan fingerprint density at radius 3 is 2.29 bits per heavy atom. The molecule has 0 bridgehead atoms. The molecule has 0 N–H and O–H groups in total. The zero-order valence-electron chi connectivity index (χ0n) is 11.2. The van der Waals surface area contributed by atoms with Gasteiger partial charge in [0.1, 0.15) is 11.5 Å². The van der Waals surface area contributed by atoms with Crippen LogP contribution in [0.3, 0.4) is 0 Å². The molecule has 1 atom stereocenters. The van der Waals surface area contributed by atoms with E-state index in [9.17, 15) is 9.59 Å². The van der Waals surface area contributed by atoms with Gasteiger partial charge >= 0.3 is 5.97 Å². The molecular formula is C12H22ClNO3. The Kier molecular flexibility index (Phi) is 6.53. The quantitative estimate of drug-likeness (QED) is 0.563. The third kappa shape index (κ3) is 8.02. The predicted octanol–water partition coefficient (Wildman–Crippen LogP) is 2.05. The summed E-state index contributed by atoms with van der Waals surface area (Å²) < 4.78 is 5.21. The summed E-state index contributed by atoms with van der Waals surface area (Å²) in [4.78, 5) is 24.3. The molecule has 0 heterocycles. The molecule has 0 aromatic carbocycles. The van der Waals surface area contributed by atoms with Gasteiger partial charge in [-0.2, -0.15) is 0 Å². The van der Waals surface area contributed by atoms with Crippen molar-refractivity contribution in [1.29, 1.82) is 0 Å². The Morgan fingerprint density at radius 1 is 1.35 bits per heavy atom. The van der Waals surface area contributed by atoms with Crippen LogP contribution >= 0.6 is 11.6 Å². The summed E-state index contributed by atoms with van der Waals surface area (Å²) in [5.74, 6) is -0.350. The highest BCUT2D eigenvalue weighted by Crippen LogP contribution is 2.12. The number of alkyl halides is 1. The van der Waals surface area contributed by atoms with Crippen LogP contribution in [0.2, 0.25) is 0 Å². The monoisotopic (exact) mass is 263 g/mol. The highest BCUT2D eigenvalue weighted by atomic mass is 35.5. The highest BCUT2D eigenvalue weighted by Gasteiger charge is 2.20. The topological polar surface area (TPSA) is 46.6 Å². The van der Waals surface area contributed by atoms with Gasteiger partial charge in [0.25, 0.3) is 0 Å². The zero-order valence-corrected chi connectivity index (χ0v) is 12.0. The number of esters is 1. The van der Waals surface area contributed by atoms with E-state index in [1.165, 1.54) is 4.90 Å². The second-order valence-electron chi connectivity index (χ2n) is 5.30. The summed E-state index contributed by atoms with van der Waals surface area (Å²) in [6, 6.07) is 0. The van der Waals surface area contributed by atoms with Crippen molar-refractivity contribution in [1.82, 2.24) is 4.90 Å². The molecule has 0 aromatic heterocycles. The number of nitrogens with zero attached hydrogens (tertiary/aromatic N) is 1. The molecule has 1 amide bonds. The van der Waals surface area contributed by atoms with Crippen LogP contribution in [-0.2, 0) is 14.3 Å². The fraction of sp³-hybridized carbons (Fsp3) is 0.833. The fourth-order valence-electron chi connectivity index (χ4n) is 1.40. The van der Waals surface area contributed by atoms with Crippen LogP contribution < -0.4 is 0 Å². The minimum atomic E-state index is -0.464. The smallest absolute Gasteiger partial charge is 0.306 e. The summed E-state index contributed by atoms with van der Waals surface area (Å²) in [7, 11) is 1.68. The number of hydrogen-bond acceptors (Lipinski definition) is 3. The first-order valence-corrected chi connectivity index (χ1v) is 6.21. The van der Waals surface area contributed by atoms with Crippen molar-refractivity contribution >= 4 is 23.5 Å². The minimum Gasteiger partial charge on any atom is -0.460 e. The minimum absolute atomic E-state index is 0.0321. The highest BCUT2D eigenvalue weighted by molar-refractivity contribution is 6.27. The lowest BCUT2D eigenvalue weighted by Crippen LogP contribution is -2.33. The molecular weight excluding hydrogens is 242 g/mol. The maximum Gasteiger partial charge on any atom is 0.306 e. The molecule has 4 nitrogen and oxygen atoms in total. The third-order valence-corrected chi connectivity index (χ3v) is 2.29. The lowest BCUT2D eigenvalue weighted by Gasteiger charge is -2.23. The molecule has 0 fully saturated rings. The van der Waals surface area contributed by atoms with Gasteiger partial charge in [0.05, 0.1) is 0 Å². The van der Waals surface area contributed by atoms with Crippen molar-refractivity contribution in [2.24, 2.45) is 5.92 Å². The molecule has 0 unspecified atom stereocenters. The SMILES string of the molecule is C[C@H](CC(=O)OC(C)(C)C)CN(C)C(=O)CCl. The molecule has 0 aliphatic rings. The number of halogens is 1. The Balaban J connectivity index is 4.06. The molecule has 0 aliphatic carbocycles. The van der Waals surface area contributed by atoms with E-state index >= 15 is 0 Å². The van der Waals surface area contributed by atoms with E-state index < -0.39 is 5.60 Å². The number of hydrogen-bond donors (Lipinski definition) is 0. The number of ether oxygens (including phenoxy) is 1. The zero-order chi connectivity index (χ0) is 13.6. The molecule has 0 saturated carbocycles. The Morgan fingerprint density at radius 2 is 1.88 bits per heavy atom. The van der Waals surface area contributed by atoms with Crippen LogP contribution in [0, 0.1) is 5.92 Å². The van der Waals surface area contributed by atoms with Crippen molar-refractivity contribution in [2.45, 2.75) is 39.7 Å². The number of amides is 1. The third-order valence-electron chi connectivity index (χ3n) is 2.06. The van der Waals surface area contributed by atoms with E-state index in [1.807, 2.05) is 27.7 Å². The lowest BCUT2D eigenvalue weighted by molar-refractivity contribution is -0.156. The Labute approximate surface area is 108 Å².